The van der Waals surface area contributed by atoms with Crippen molar-refractivity contribution in [2.75, 3.05) is 12.4 Å². The Labute approximate surface area is 127 Å². The summed E-state index contributed by atoms with van der Waals surface area (Å²) < 4.78 is 6.69. The number of anilines is 1. The molecule has 2 aromatic rings. The molecule has 4 nitrogen and oxygen atoms in total. The highest BCUT2D eigenvalue weighted by Gasteiger charge is 2.08. The zero-order valence-corrected chi connectivity index (χ0v) is 13.2. The first-order valence-corrected chi connectivity index (χ1v) is 6.95. The minimum absolute atomic E-state index is 0.218. The molecule has 2 rings (SSSR count). The van der Waals surface area contributed by atoms with Gasteiger partial charge in [0.2, 0.25) is 0 Å². The van der Waals surface area contributed by atoms with E-state index in [9.17, 15) is 4.79 Å². The number of nitrogens with zero attached hydrogens (tertiary/aromatic N) is 1. The third-order valence-electron chi connectivity index (χ3n) is 2.40. The summed E-state index contributed by atoms with van der Waals surface area (Å²) in [7, 11) is 1.57. The van der Waals surface area contributed by atoms with Gasteiger partial charge in [-0.25, -0.2) is 4.98 Å². The lowest BCUT2D eigenvalue weighted by Gasteiger charge is -2.08. The van der Waals surface area contributed by atoms with Crippen LogP contribution >= 0.6 is 31.9 Å². The molecule has 0 saturated carbocycles. The molecule has 1 N–H and O–H groups in total. The second kappa shape index (κ2) is 6.16. The molecule has 0 aliphatic heterocycles. The van der Waals surface area contributed by atoms with Crippen LogP contribution in [0.2, 0.25) is 0 Å². The Kier molecular flexibility index (Phi) is 4.55. The maximum absolute atomic E-state index is 12.0. The highest BCUT2D eigenvalue weighted by Crippen LogP contribution is 2.28. The van der Waals surface area contributed by atoms with Gasteiger partial charge >= 0.3 is 0 Å². The number of pyridine rings is 1. The zero-order chi connectivity index (χ0) is 13.8. The van der Waals surface area contributed by atoms with Crippen LogP contribution in [-0.4, -0.2) is 18.0 Å². The average molecular weight is 386 g/mol. The molecular weight excluding hydrogens is 376 g/mol. The Morgan fingerprint density at radius 2 is 2.05 bits per heavy atom. The van der Waals surface area contributed by atoms with Crippen molar-refractivity contribution in [3.8, 4) is 5.75 Å². The Hall–Kier alpha value is -1.40. The molecule has 98 valence electrons. The number of benzene rings is 1. The summed E-state index contributed by atoms with van der Waals surface area (Å²) in [5, 5.41) is 2.78. The van der Waals surface area contributed by atoms with Crippen LogP contribution in [0.5, 0.6) is 5.75 Å². The molecule has 1 aromatic carbocycles. The number of amides is 1. The lowest BCUT2D eigenvalue weighted by molar-refractivity contribution is 0.102. The second-order valence-corrected chi connectivity index (χ2v) is 5.34. The number of rotatable bonds is 3. The van der Waals surface area contributed by atoms with Crippen LogP contribution in [0, 0.1) is 0 Å². The van der Waals surface area contributed by atoms with E-state index in [1.165, 1.54) is 6.20 Å². The molecule has 1 aromatic heterocycles. The number of hydrogen-bond acceptors (Lipinski definition) is 3. The summed E-state index contributed by atoms with van der Waals surface area (Å²) in [5.41, 5.74) is 1.15. The number of carbonyl (C=O) groups excluding carboxylic acids is 1. The van der Waals surface area contributed by atoms with Gasteiger partial charge < -0.3 is 10.1 Å². The maximum atomic E-state index is 12.0. The van der Waals surface area contributed by atoms with Crippen molar-refractivity contribution in [1.82, 2.24) is 4.98 Å². The summed E-state index contributed by atoms with van der Waals surface area (Å²) >= 11 is 6.58. The Morgan fingerprint density at radius 3 is 2.68 bits per heavy atom. The van der Waals surface area contributed by atoms with E-state index in [1.807, 2.05) is 6.07 Å². The fourth-order valence-corrected chi connectivity index (χ4v) is 2.09. The van der Waals surface area contributed by atoms with Crippen LogP contribution in [0.25, 0.3) is 0 Å². The van der Waals surface area contributed by atoms with Crippen molar-refractivity contribution in [3.05, 3.63) is 51.2 Å². The number of aromatic nitrogens is 1. The number of nitrogens with one attached hydrogen (secondary N) is 1. The fraction of sp³-hybridized carbons (Fsp3) is 0.0769. The molecule has 0 atom stereocenters. The molecule has 0 saturated heterocycles. The van der Waals surface area contributed by atoms with Gasteiger partial charge in [0.1, 0.15) is 10.4 Å². The monoisotopic (exact) mass is 384 g/mol. The fourth-order valence-electron chi connectivity index (χ4n) is 1.45. The molecule has 0 bridgehead atoms. The summed E-state index contributed by atoms with van der Waals surface area (Å²) in [5.74, 6) is 0.441. The molecule has 0 spiro atoms. The quantitative estimate of drug-likeness (QED) is 0.816. The van der Waals surface area contributed by atoms with Gasteiger partial charge in [0.05, 0.1) is 17.1 Å². The van der Waals surface area contributed by atoms with E-state index in [1.54, 1.807) is 31.4 Å². The highest BCUT2D eigenvalue weighted by molar-refractivity contribution is 9.10. The minimum Gasteiger partial charge on any atom is -0.495 e. The molecule has 0 aliphatic rings. The normalized spacial score (nSPS) is 10.1. The SMILES string of the molecule is COc1cc(NC(=O)c2ccc(Br)nc2)ccc1Br. The summed E-state index contributed by atoms with van der Waals surface area (Å²) in [6.07, 6.45) is 1.51. The smallest absolute Gasteiger partial charge is 0.257 e. The molecule has 0 aliphatic carbocycles. The Balaban J connectivity index is 2.17. The van der Waals surface area contributed by atoms with Gasteiger partial charge in [-0.15, -0.1) is 0 Å². The Bertz CT molecular complexity index is 600. The van der Waals surface area contributed by atoms with Crippen LogP contribution in [0.1, 0.15) is 10.4 Å². The van der Waals surface area contributed by atoms with Gasteiger partial charge in [-0.2, -0.15) is 0 Å². The van der Waals surface area contributed by atoms with Crippen LogP contribution in [-0.2, 0) is 0 Å². The first-order valence-electron chi connectivity index (χ1n) is 5.36. The van der Waals surface area contributed by atoms with Crippen LogP contribution in [0.3, 0.4) is 0 Å². The number of hydrogen-bond donors (Lipinski definition) is 1. The largest absolute Gasteiger partial charge is 0.495 e. The maximum Gasteiger partial charge on any atom is 0.257 e. The second-order valence-electron chi connectivity index (χ2n) is 3.67. The van der Waals surface area contributed by atoms with Gasteiger partial charge in [-0.1, -0.05) is 0 Å². The lowest BCUT2D eigenvalue weighted by Crippen LogP contribution is -2.12. The summed E-state index contributed by atoms with van der Waals surface area (Å²) in [4.78, 5) is 16.0. The van der Waals surface area contributed by atoms with E-state index in [0.29, 0.717) is 21.6 Å². The van der Waals surface area contributed by atoms with E-state index < -0.39 is 0 Å². The van der Waals surface area contributed by atoms with Crippen LogP contribution in [0.4, 0.5) is 5.69 Å². The zero-order valence-electron chi connectivity index (χ0n) is 9.98. The van der Waals surface area contributed by atoms with E-state index >= 15 is 0 Å². The molecule has 0 fully saturated rings. The van der Waals surface area contributed by atoms with Gasteiger partial charge in [-0.3, -0.25) is 4.79 Å². The van der Waals surface area contributed by atoms with Crippen molar-refractivity contribution in [2.24, 2.45) is 0 Å². The molecule has 1 amide bonds. The molecule has 0 radical (unpaired) electrons. The summed E-state index contributed by atoms with van der Waals surface area (Å²) in [6.45, 7) is 0. The van der Waals surface area contributed by atoms with Gasteiger partial charge in [0.25, 0.3) is 5.91 Å². The topological polar surface area (TPSA) is 51.2 Å². The molecule has 6 heteroatoms. The number of ether oxygens (including phenoxy) is 1. The standard InChI is InChI=1S/C13H10Br2N2O2/c1-19-11-6-9(3-4-10(11)14)17-13(18)8-2-5-12(15)16-7-8/h2-7H,1H3,(H,17,18). The summed E-state index contributed by atoms with van der Waals surface area (Å²) in [6, 6.07) is 8.76. The van der Waals surface area contributed by atoms with Crippen molar-refractivity contribution in [2.45, 2.75) is 0 Å². The highest BCUT2D eigenvalue weighted by atomic mass is 79.9. The first-order chi connectivity index (χ1) is 9.10. The Morgan fingerprint density at radius 1 is 1.26 bits per heavy atom. The first kappa shape index (κ1) is 14.0. The van der Waals surface area contributed by atoms with Crippen molar-refractivity contribution in [3.63, 3.8) is 0 Å². The lowest BCUT2D eigenvalue weighted by atomic mass is 10.2. The average Bonchev–Trinajstić information content (AvgIpc) is 2.41. The van der Waals surface area contributed by atoms with E-state index in [4.69, 9.17) is 4.74 Å². The van der Waals surface area contributed by atoms with Crippen molar-refractivity contribution in [1.29, 1.82) is 0 Å². The van der Waals surface area contributed by atoms with Crippen molar-refractivity contribution >= 4 is 43.5 Å². The number of methoxy groups -OCH3 is 1. The van der Waals surface area contributed by atoms with Gasteiger partial charge in [0, 0.05) is 18.0 Å². The third kappa shape index (κ3) is 3.54. The predicted octanol–water partition coefficient (Wildman–Crippen LogP) is 3.87. The number of carbonyl (C=O) groups is 1. The molecule has 19 heavy (non-hydrogen) atoms. The van der Waals surface area contributed by atoms with E-state index in [0.717, 1.165) is 4.47 Å². The minimum atomic E-state index is -0.218. The molecule has 1 heterocycles. The third-order valence-corrected chi connectivity index (χ3v) is 3.52. The molecule has 0 unspecified atom stereocenters. The van der Waals surface area contributed by atoms with Crippen LogP contribution < -0.4 is 10.1 Å². The van der Waals surface area contributed by atoms with Crippen LogP contribution in [0.15, 0.2) is 45.6 Å². The predicted molar refractivity (Wildman–Crippen MR) is 80.6 cm³/mol. The molecular formula is C13H10Br2N2O2. The van der Waals surface area contributed by atoms with E-state index in [2.05, 4.69) is 42.2 Å². The van der Waals surface area contributed by atoms with Crippen molar-refractivity contribution < 1.29 is 9.53 Å². The van der Waals surface area contributed by atoms with Gasteiger partial charge in [-0.05, 0) is 56.1 Å². The van der Waals surface area contributed by atoms with E-state index in [-0.39, 0.29) is 5.91 Å². The van der Waals surface area contributed by atoms with Gasteiger partial charge in [0.15, 0.2) is 0 Å². The number of halogens is 2.